The summed E-state index contributed by atoms with van der Waals surface area (Å²) in [4.78, 5) is 5.05. The Morgan fingerprint density at radius 3 is 2.38 bits per heavy atom. The Kier molecular flexibility index (Phi) is 4.95. The summed E-state index contributed by atoms with van der Waals surface area (Å²) in [5.74, 6) is 0. The average Bonchev–Trinajstić information content (AvgIpc) is 2.59. The maximum Gasteiger partial charge on any atom is 0.0550 e. The summed E-state index contributed by atoms with van der Waals surface area (Å²) in [7, 11) is 0. The minimum Gasteiger partial charge on any atom is -0.397 e. The fraction of sp³-hybridized carbons (Fsp3) is 0.400. The Balaban J connectivity index is 1.53. The van der Waals surface area contributed by atoms with Gasteiger partial charge in [-0.1, -0.05) is 18.2 Å². The van der Waals surface area contributed by atoms with Crippen LogP contribution in [-0.2, 0) is 6.42 Å². The molecule has 0 spiro atoms. The summed E-state index contributed by atoms with van der Waals surface area (Å²) in [5, 5.41) is 0. The monoisotopic (exact) mass is 324 g/mol. The van der Waals surface area contributed by atoms with Gasteiger partial charge in [0.2, 0.25) is 0 Å². The number of hydrogen-bond donors (Lipinski definition) is 2. The second-order valence-electron chi connectivity index (χ2n) is 6.76. The zero-order chi connectivity index (χ0) is 17.1. The largest absolute Gasteiger partial charge is 0.397 e. The Morgan fingerprint density at radius 2 is 1.67 bits per heavy atom. The van der Waals surface area contributed by atoms with Crippen LogP contribution in [0, 0.1) is 13.8 Å². The Morgan fingerprint density at radius 1 is 0.917 bits per heavy atom. The third-order valence-electron chi connectivity index (χ3n) is 5.16. The van der Waals surface area contributed by atoms with Gasteiger partial charge < -0.3 is 16.4 Å². The zero-order valence-electron chi connectivity index (χ0n) is 14.8. The van der Waals surface area contributed by atoms with E-state index in [4.69, 9.17) is 11.5 Å². The molecular weight excluding hydrogens is 296 g/mol. The molecule has 0 aliphatic carbocycles. The molecule has 3 rings (SSSR count). The van der Waals surface area contributed by atoms with E-state index in [-0.39, 0.29) is 0 Å². The fourth-order valence-electron chi connectivity index (χ4n) is 3.36. The number of nitrogens with two attached hydrogens (primary N) is 2. The topological polar surface area (TPSA) is 58.5 Å². The maximum atomic E-state index is 5.89. The maximum absolute atomic E-state index is 5.89. The number of aryl methyl sites for hydroxylation is 1. The van der Waals surface area contributed by atoms with E-state index in [1.807, 2.05) is 12.1 Å². The molecule has 0 saturated carbocycles. The van der Waals surface area contributed by atoms with E-state index in [1.165, 1.54) is 22.4 Å². The molecule has 0 bridgehead atoms. The first-order chi connectivity index (χ1) is 11.5. The van der Waals surface area contributed by atoms with E-state index < -0.39 is 0 Å². The first-order valence-electron chi connectivity index (χ1n) is 8.72. The van der Waals surface area contributed by atoms with Gasteiger partial charge in [-0.3, -0.25) is 4.90 Å². The molecule has 4 heteroatoms. The number of anilines is 3. The molecule has 24 heavy (non-hydrogen) atoms. The van der Waals surface area contributed by atoms with Gasteiger partial charge >= 0.3 is 0 Å². The third kappa shape index (κ3) is 3.65. The predicted molar refractivity (Wildman–Crippen MR) is 104 cm³/mol. The molecule has 0 aromatic heterocycles. The van der Waals surface area contributed by atoms with Crippen LogP contribution in [0.5, 0.6) is 0 Å². The van der Waals surface area contributed by atoms with Crippen molar-refractivity contribution in [3.8, 4) is 0 Å². The van der Waals surface area contributed by atoms with Gasteiger partial charge in [-0.15, -0.1) is 0 Å². The number of nitrogen functional groups attached to an aromatic ring is 2. The lowest BCUT2D eigenvalue weighted by molar-refractivity contribution is 0.261. The highest BCUT2D eigenvalue weighted by Crippen LogP contribution is 2.24. The van der Waals surface area contributed by atoms with Crippen molar-refractivity contribution >= 4 is 17.1 Å². The summed E-state index contributed by atoms with van der Waals surface area (Å²) >= 11 is 0. The minimum atomic E-state index is 0.667. The molecule has 0 unspecified atom stereocenters. The first kappa shape index (κ1) is 16.7. The van der Waals surface area contributed by atoms with Gasteiger partial charge in [0.05, 0.1) is 11.4 Å². The highest BCUT2D eigenvalue weighted by molar-refractivity contribution is 5.63. The lowest BCUT2D eigenvalue weighted by Gasteiger charge is -2.37. The molecule has 1 saturated heterocycles. The lowest BCUT2D eigenvalue weighted by atomic mass is 10.1. The summed E-state index contributed by atoms with van der Waals surface area (Å²) in [6, 6.07) is 12.6. The van der Waals surface area contributed by atoms with Crippen LogP contribution in [0.2, 0.25) is 0 Å². The van der Waals surface area contributed by atoms with Crippen LogP contribution < -0.4 is 16.4 Å². The zero-order valence-corrected chi connectivity index (χ0v) is 14.8. The second-order valence-corrected chi connectivity index (χ2v) is 6.76. The number of hydrogen-bond acceptors (Lipinski definition) is 4. The van der Waals surface area contributed by atoms with Crippen molar-refractivity contribution in [2.24, 2.45) is 0 Å². The molecule has 4 N–H and O–H groups in total. The molecule has 0 radical (unpaired) electrons. The van der Waals surface area contributed by atoms with Gasteiger partial charge in [0.1, 0.15) is 0 Å². The van der Waals surface area contributed by atoms with Crippen LogP contribution >= 0.6 is 0 Å². The Bertz CT molecular complexity index is 703. The smallest absolute Gasteiger partial charge is 0.0550 e. The van der Waals surface area contributed by atoms with Crippen molar-refractivity contribution in [3.63, 3.8) is 0 Å². The molecule has 1 heterocycles. The van der Waals surface area contributed by atoms with Gasteiger partial charge in [0, 0.05) is 38.4 Å². The number of nitrogens with zero attached hydrogens (tertiary/aromatic N) is 2. The molecule has 1 aliphatic rings. The molecule has 2 aromatic carbocycles. The second kappa shape index (κ2) is 7.14. The van der Waals surface area contributed by atoms with Crippen molar-refractivity contribution in [1.29, 1.82) is 0 Å². The third-order valence-corrected chi connectivity index (χ3v) is 5.16. The SMILES string of the molecule is Cc1cccc(N2CCN(CCc3ccc(N)c(N)c3)CC2)c1C. The van der Waals surface area contributed by atoms with Crippen molar-refractivity contribution in [2.45, 2.75) is 20.3 Å². The quantitative estimate of drug-likeness (QED) is 0.849. The highest BCUT2D eigenvalue weighted by atomic mass is 15.3. The molecule has 1 aliphatic heterocycles. The van der Waals surface area contributed by atoms with E-state index in [0.717, 1.165) is 39.1 Å². The first-order valence-corrected chi connectivity index (χ1v) is 8.72. The molecule has 1 fully saturated rings. The molecule has 128 valence electrons. The van der Waals surface area contributed by atoms with Gasteiger partial charge in [-0.25, -0.2) is 0 Å². The van der Waals surface area contributed by atoms with Crippen molar-refractivity contribution in [3.05, 3.63) is 53.1 Å². The molecule has 2 aromatic rings. The van der Waals surface area contributed by atoms with Gasteiger partial charge in [0.15, 0.2) is 0 Å². The van der Waals surface area contributed by atoms with E-state index >= 15 is 0 Å². The summed E-state index contributed by atoms with van der Waals surface area (Å²) in [6.45, 7) is 9.89. The standard InChI is InChI=1S/C20H28N4/c1-15-4-3-5-20(16(15)2)24-12-10-23(11-13-24)9-8-17-6-7-18(21)19(22)14-17/h3-7,14H,8-13,21-22H2,1-2H3. The van der Waals surface area contributed by atoms with Gasteiger partial charge in [-0.2, -0.15) is 0 Å². The predicted octanol–water partition coefficient (Wildman–Crippen LogP) is 2.83. The van der Waals surface area contributed by atoms with Crippen molar-refractivity contribution in [2.75, 3.05) is 49.1 Å². The normalized spacial score (nSPS) is 15.7. The lowest BCUT2D eigenvalue weighted by Crippen LogP contribution is -2.47. The molecule has 4 nitrogen and oxygen atoms in total. The average molecular weight is 324 g/mol. The highest BCUT2D eigenvalue weighted by Gasteiger charge is 2.18. The van der Waals surface area contributed by atoms with Crippen molar-refractivity contribution < 1.29 is 0 Å². The van der Waals surface area contributed by atoms with Crippen LogP contribution in [-0.4, -0.2) is 37.6 Å². The fourth-order valence-corrected chi connectivity index (χ4v) is 3.36. The van der Waals surface area contributed by atoms with Crippen LogP contribution in [0.15, 0.2) is 36.4 Å². The molecular formula is C20H28N4. The minimum absolute atomic E-state index is 0.667. The molecule has 0 amide bonds. The summed E-state index contributed by atoms with van der Waals surface area (Å²) in [5.41, 5.74) is 18.5. The van der Waals surface area contributed by atoms with E-state index in [0.29, 0.717) is 11.4 Å². The Hall–Kier alpha value is -2.20. The van der Waals surface area contributed by atoms with E-state index in [9.17, 15) is 0 Å². The van der Waals surface area contributed by atoms with Crippen LogP contribution in [0.25, 0.3) is 0 Å². The van der Waals surface area contributed by atoms with Crippen LogP contribution in [0.1, 0.15) is 16.7 Å². The van der Waals surface area contributed by atoms with Crippen LogP contribution in [0.3, 0.4) is 0 Å². The van der Waals surface area contributed by atoms with E-state index in [2.05, 4.69) is 47.9 Å². The summed E-state index contributed by atoms with van der Waals surface area (Å²) in [6.07, 6.45) is 1.02. The number of rotatable bonds is 4. The molecule has 0 atom stereocenters. The number of piperazine rings is 1. The van der Waals surface area contributed by atoms with Gasteiger partial charge in [0.25, 0.3) is 0 Å². The van der Waals surface area contributed by atoms with E-state index in [1.54, 1.807) is 0 Å². The van der Waals surface area contributed by atoms with Crippen molar-refractivity contribution in [1.82, 2.24) is 4.90 Å². The van der Waals surface area contributed by atoms with Gasteiger partial charge in [-0.05, 0) is 55.2 Å². The number of benzene rings is 2. The van der Waals surface area contributed by atoms with Crippen LogP contribution in [0.4, 0.5) is 17.1 Å². The Labute approximate surface area is 145 Å². The summed E-state index contributed by atoms with van der Waals surface area (Å²) < 4.78 is 0.